The number of ether oxygens (including phenoxy) is 1. The molecule has 2 aromatic rings. The van der Waals surface area contributed by atoms with E-state index in [1.807, 2.05) is 0 Å². The number of rotatable bonds is 7. The van der Waals surface area contributed by atoms with Crippen molar-refractivity contribution in [2.75, 3.05) is 13.2 Å². The van der Waals surface area contributed by atoms with E-state index in [1.54, 1.807) is 49.4 Å². The van der Waals surface area contributed by atoms with Crippen molar-refractivity contribution in [1.29, 1.82) is 0 Å². The topological polar surface area (TPSA) is 97.6 Å². The second-order valence-electron chi connectivity index (χ2n) is 4.88. The lowest BCUT2D eigenvalue weighted by Crippen LogP contribution is -2.37. The number of carbonyl (C=O) groups excluding carboxylic acids is 3. The minimum Gasteiger partial charge on any atom is -0.465 e. The molecule has 7 nitrogen and oxygen atoms in total. The van der Waals surface area contributed by atoms with Gasteiger partial charge in [0, 0.05) is 11.6 Å². The SMILES string of the molecule is CCOC(=O)CNC(=O)C(=Cc1ccco1)NC(=O)c1ccccc1. The molecule has 0 saturated carbocycles. The van der Waals surface area contributed by atoms with Crippen molar-refractivity contribution in [2.45, 2.75) is 6.92 Å². The summed E-state index contributed by atoms with van der Waals surface area (Å²) in [4.78, 5) is 35.9. The predicted octanol–water partition coefficient (Wildman–Crippen LogP) is 1.73. The molecule has 0 aliphatic heterocycles. The van der Waals surface area contributed by atoms with Gasteiger partial charge in [0.25, 0.3) is 11.8 Å². The van der Waals surface area contributed by atoms with Crippen LogP contribution in [0.3, 0.4) is 0 Å². The fourth-order valence-electron chi connectivity index (χ4n) is 1.92. The molecule has 0 aliphatic carbocycles. The van der Waals surface area contributed by atoms with E-state index in [9.17, 15) is 14.4 Å². The van der Waals surface area contributed by atoms with Gasteiger partial charge in [-0.05, 0) is 31.2 Å². The fraction of sp³-hybridized carbons (Fsp3) is 0.167. The first-order valence-electron chi connectivity index (χ1n) is 7.65. The molecule has 1 aromatic heterocycles. The molecule has 1 heterocycles. The number of amides is 2. The molecule has 2 rings (SSSR count). The third-order valence-electron chi connectivity index (χ3n) is 3.06. The maximum Gasteiger partial charge on any atom is 0.325 e. The lowest BCUT2D eigenvalue weighted by Gasteiger charge is -2.10. The minimum absolute atomic E-state index is 0.0481. The number of nitrogens with one attached hydrogen (secondary N) is 2. The highest BCUT2D eigenvalue weighted by molar-refractivity contribution is 6.05. The largest absolute Gasteiger partial charge is 0.465 e. The summed E-state index contributed by atoms with van der Waals surface area (Å²) in [6, 6.07) is 11.7. The second kappa shape index (κ2) is 9.07. The van der Waals surface area contributed by atoms with Gasteiger partial charge in [0.15, 0.2) is 0 Å². The van der Waals surface area contributed by atoms with E-state index in [4.69, 9.17) is 9.15 Å². The Balaban J connectivity index is 2.12. The molecular formula is C18H18N2O5. The molecule has 2 amide bonds. The van der Waals surface area contributed by atoms with E-state index in [0.29, 0.717) is 11.3 Å². The monoisotopic (exact) mass is 342 g/mol. The summed E-state index contributed by atoms with van der Waals surface area (Å²) in [6.45, 7) is 1.58. The van der Waals surface area contributed by atoms with Crippen LogP contribution in [0.2, 0.25) is 0 Å². The Morgan fingerprint density at radius 2 is 1.88 bits per heavy atom. The molecule has 0 atom stereocenters. The minimum atomic E-state index is -0.631. The molecule has 0 spiro atoms. The number of benzene rings is 1. The zero-order valence-corrected chi connectivity index (χ0v) is 13.7. The predicted molar refractivity (Wildman–Crippen MR) is 90.2 cm³/mol. The van der Waals surface area contributed by atoms with Crippen molar-refractivity contribution < 1.29 is 23.5 Å². The van der Waals surface area contributed by atoms with Gasteiger partial charge in [-0.2, -0.15) is 0 Å². The van der Waals surface area contributed by atoms with E-state index in [1.165, 1.54) is 12.3 Å². The molecule has 0 aliphatic rings. The third kappa shape index (κ3) is 5.65. The van der Waals surface area contributed by atoms with Gasteiger partial charge in [0.1, 0.15) is 18.0 Å². The van der Waals surface area contributed by atoms with Crippen LogP contribution in [0, 0.1) is 0 Å². The Kier molecular flexibility index (Phi) is 6.53. The molecule has 0 radical (unpaired) electrons. The highest BCUT2D eigenvalue weighted by Crippen LogP contribution is 2.07. The van der Waals surface area contributed by atoms with Crippen molar-refractivity contribution in [3.05, 3.63) is 65.7 Å². The van der Waals surface area contributed by atoms with Crippen LogP contribution in [0.4, 0.5) is 0 Å². The van der Waals surface area contributed by atoms with Crippen LogP contribution in [0.15, 0.2) is 58.8 Å². The van der Waals surface area contributed by atoms with E-state index < -0.39 is 17.8 Å². The number of hydrogen-bond donors (Lipinski definition) is 2. The Morgan fingerprint density at radius 1 is 1.12 bits per heavy atom. The summed E-state index contributed by atoms with van der Waals surface area (Å²) < 4.78 is 9.92. The Morgan fingerprint density at radius 3 is 2.52 bits per heavy atom. The maximum absolute atomic E-state index is 12.3. The summed E-state index contributed by atoms with van der Waals surface area (Å²) in [5.74, 6) is -1.27. The first kappa shape index (κ1) is 18.0. The van der Waals surface area contributed by atoms with Crippen LogP contribution < -0.4 is 10.6 Å². The van der Waals surface area contributed by atoms with Gasteiger partial charge < -0.3 is 19.8 Å². The normalized spacial score (nSPS) is 10.8. The van der Waals surface area contributed by atoms with Gasteiger partial charge in [-0.3, -0.25) is 14.4 Å². The van der Waals surface area contributed by atoms with Gasteiger partial charge in [0.2, 0.25) is 0 Å². The average Bonchev–Trinajstić information content (AvgIpc) is 3.13. The fourth-order valence-corrected chi connectivity index (χ4v) is 1.92. The smallest absolute Gasteiger partial charge is 0.325 e. The lowest BCUT2D eigenvalue weighted by molar-refractivity contribution is -0.143. The summed E-state index contributed by atoms with van der Waals surface area (Å²) in [6.07, 6.45) is 2.82. The summed E-state index contributed by atoms with van der Waals surface area (Å²) in [5, 5.41) is 4.92. The third-order valence-corrected chi connectivity index (χ3v) is 3.06. The molecular weight excluding hydrogens is 324 g/mol. The standard InChI is InChI=1S/C18H18N2O5/c1-2-24-16(21)12-19-18(23)15(11-14-9-6-10-25-14)20-17(22)13-7-4-3-5-8-13/h3-11H,2,12H2,1H3,(H,19,23)(H,20,22). The molecule has 25 heavy (non-hydrogen) atoms. The van der Waals surface area contributed by atoms with E-state index >= 15 is 0 Å². The molecule has 0 saturated heterocycles. The lowest BCUT2D eigenvalue weighted by atomic mass is 10.2. The molecule has 1 aromatic carbocycles. The average molecular weight is 342 g/mol. The molecule has 7 heteroatoms. The van der Waals surface area contributed by atoms with E-state index in [0.717, 1.165) is 0 Å². The molecule has 0 unspecified atom stereocenters. The Labute approximate surface area is 144 Å². The quantitative estimate of drug-likeness (QED) is 0.590. The maximum atomic E-state index is 12.3. The zero-order chi connectivity index (χ0) is 18.1. The first-order chi connectivity index (χ1) is 12.1. The van der Waals surface area contributed by atoms with Crippen LogP contribution in [-0.2, 0) is 14.3 Å². The Hall–Kier alpha value is -3.35. The highest BCUT2D eigenvalue weighted by atomic mass is 16.5. The zero-order valence-electron chi connectivity index (χ0n) is 13.7. The summed E-state index contributed by atoms with van der Waals surface area (Å²) in [5.41, 5.74) is 0.346. The second-order valence-corrected chi connectivity index (χ2v) is 4.88. The summed E-state index contributed by atoms with van der Waals surface area (Å²) >= 11 is 0. The van der Waals surface area contributed by atoms with Crippen molar-refractivity contribution in [2.24, 2.45) is 0 Å². The van der Waals surface area contributed by atoms with Gasteiger partial charge >= 0.3 is 5.97 Å². The van der Waals surface area contributed by atoms with E-state index in [-0.39, 0.29) is 18.8 Å². The van der Waals surface area contributed by atoms with Gasteiger partial charge in [0.05, 0.1) is 12.9 Å². The number of esters is 1. The van der Waals surface area contributed by atoms with Crippen LogP contribution in [0.5, 0.6) is 0 Å². The van der Waals surface area contributed by atoms with Crippen LogP contribution in [0.1, 0.15) is 23.0 Å². The molecule has 2 N–H and O–H groups in total. The van der Waals surface area contributed by atoms with Crippen molar-refractivity contribution in [1.82, 2.24) is 10.6 Å². The molecule has 0 bridgehead atoms. The van der Waals surface area contributed by atoms with Crippen LogP contribution in [0.25, 0.3) is 6.08 Å². The molecule has 130 valence electrons. The van der Waals surface area contributed by atoms with Gasteiger partial charge in [-0.1, -0.05) is 18.2 Å². The van der Waals surface area contributed by atoms with E-state index in [2.05, 4.69) is 10.6 Å². The highest BCUT2D eigenvalue weighted by Gasteiger charge is 2.16. The number of furan rings is 1. The van der Waals surface area contributed by atoms with Crippen molar-refractivity contribution in [3.63, 3.8) is 0 Å². The van der Waals surface area contributed by atoms with Gasteiger partial charge in [-0.15, -0.1) is 0 Å². The van der Waals surface area contributed by atoms with Crippen LogP contribution in [-0.4, -0.2) is 30.9 Å². The Bertz CT molecular complexity index is 751. The van der Waals surface area contributed by atoms with Crippen LogP contribution >= 0.6 is 0 Å². The number of hydrogen-bond acceptors (Lipinski definition) is 5. The number of carbonyl (C=O) groups is 3. The van der Waals surface area contributed by atoms with Crippen molar-refractivity contribution in [3.8, 4) is 0 Å². The van der Waals surface area contributed by atoms with Gasteiger partial charge in [-0.25, -0.2) is 0 Å². The van der Waals surface area contributed by atoms with Crippen molar-refractivity contribution >= 4 is 23.9 Å². The summed E-state index contributed by atoms with van der Waals surface area (Å²) in [7, 11) is 0. The molecule has 0 fully saturated rings. The first-order valence-corrected chi connectivity index (χ1v) is 7.65.